The van der Waals surface area contributed by atoms with Gasteiger partial charge in [-0.1, -0.05) is 133 Å². The van der Waals surface area contributed by atoms with Crippen LogP contribution in [0.1, 0.15) is 52.7 Å². The molecule has 0 fully saturated rings. The first-order valence-corrected chi connectivity index (χ1v) is 20.1. The highest BCUT2D eigenvalue weighted by Gasteiger charge is 2.42. The van der Waals surface area contributed by atoms with Crippen LogP contribution in [0, 0.1) is 5.41 Å². The largest absolute Gasteiger partial charge is 0.310 e. The Bertz CT molecular complexity index is 3120. The smallest absolute Gasteiger partial charge is 0.252 e. The first kappa shape index (κ1) is 31.9. The van der Waals surface area contributed by atoms with Crippen LogP contribution in [0.3, 0.4) is 0 Å². The molecule has 0 atom stereocenters. The van der Waals surface area contributed by atoms with Gasteiger partial charge < -0.3 is 9.13 Å². The second-order valence-corrected chi connectivity index (χ2v) is 18.4. The first-order chi connectivity index (χ1) is 26.1. The Labute approximate surface area is 320 Å². The molecule has 11 rings (SSSR count). The third-order valence-corrected chi connectivity index (χ3v) is 12.7. The topological polar surface area (TPSA) is 9.86 Å². The summed E-state index contributed by atoms with van der Waals surface area (Å²) >= 11 is 1.84. The Kier molecular flexibility index (Phi) is 6.50. The molecule has 5 heterocycles. The van der Waals surface area contributed by atoms with Crippen molar-refractivity contribution in [3.05, 3.63) is 144 Å². The average Bonchev–Trinajstić information content (AvgIpc) is 3.87. The molecule has 54 heavy (non-hydrogen) atoms. The van der Waals surface area contributed by atoms with E-state index in [-0.39, 0.29) is 17.5 Å². The quantitative estimate of drug-likeness (QED) is 0.127. The summed E-state index contributed by atoms with van der Waals surface area (Å²) < 4.78 is 6.62. The molecular weight excluding hydrogens is 671 g/mol. The summed E-state index contributed by atoms with van der Waals surface area (Å²) in [6, 6.07) is 41.8. The molecule has 0 unspecified atom stereocenters. The van der Waals surface area contributed by atoms with Gasteiger partial charge in [-0.2, -0.15) is 0 Å². The molecular formula is C50H41BN2S. The maximum absolute atomic E-state index is 2.70. The van der Waals surface area contributed by atoms with Gasteiger partial charge in [0.15, 0.2) is 0 Å². The highest BCUT2D eigenvalue weighted by molar-refractivity contribution is 7.17. The summed E-state index contributed by atoms with van der Waals surface area (Å²) in [6.45, 7) is 14.0. The van der Waals surface area contributed by atoms with Crippen LogP contribution >= 0.6 is 11.3 Å². The van der Waals surface area contributed by atoms with E-state index in [1.165, 1.54) is 104 Å². The van der Waals surface area contributed by atoms with Gasteiger partial charge in [-0.15, -0.1) is 11.3 Å². The lowest BCUT2D eigenvalue weighted by atomic mass is 9.34. The minimum absolute atomic E-state index is 0.0896. The van der Waals surface area contributed by atoms with Crippen LogP contribution in [0.2, 0.25) is 0 Å². The molecule has 0 amide bonds. The van der Waals surface area contributed by atoms with Crippen molar-refractivity contribution in [2.24, 2.45) is 5.41 Å². The number of hydrogen-bond donors (Lipinski definition) is 0. The lowest BCUT2D eigenvalue weighted by Crippen LogP contribution is -2.59. The van der Waals surface area contributed by atoms with Gasteiger partial charge in [0.1, 0.15) is 0 Å². The molecule has 0 aliphatic carbocycles. The number of rotatable bonds is 3. The summed E-state index contributed by atoms with van der Waals surface area (Å²) in [6.07, 6.45) is 8.90. The number of thiophene rings is 1. The summed E-state index contributed by atoms with van der Waals surface area (Å²) in [5, 5.41) is 8.92. The van der Waals surface area contributed by atoms with Crippen molar-refractivity contribution in [3.63, 3.8) is 0 Å². The number of para-hydroxylation sites is 1. The normalized spacial score (nSPS) is 13.9. The second-order valence-electron chi connectivity index (χ2n) is 17.5. The molecule has 0 N–H and O–H groups in total. The van der Waals surface area contributed by atoms with E-state index in [2.05, 4.69) is 190 Å². The lowest BCUT2D eigenvalue weighted by molar-refractivity contribution is 0.544. The molecule has 9 aromatic rings. The van der Waals surface area contributed by atoms with Crippen LogP contribution in [-0.4, -0.2) is 15.8 Å². The van der Waals surface area contributed by atoms with E-state index in [0.717, 1.165) is 0 Å². The predicted octanol–water partition coefficient (Wildman–Crippen LogP) is 11.8. The molecule has 2 aliphatic rings. The summed E-state index contributed by atoms with van der Waals surface area (Å²) in [5.41, 5.74) is 17.3. The Hall–Kier alpha value is -5.58. The van der Waals surface area contributed by atoms with E-state index in [4.69, 9.17) is 0 Å². The third-order valence-electron chi connectivity index (χ3n) is 11.8. The van der Waals surface area contributed by atoms with Crippen molar-refractivity contribution in [2.45, 2.75) is 47.0 Å². The van der Waals surface area contributed by atoms with E-state index < -0.39 is 0 Å². The van der Waals surface area contributed by atoms with E-state index in [1.807, 2.05) is 11.3 Å². The Morgan fingerprint density at radius 2 is 1.33 bits per heavy atom. The minimum Gasteiger partial charge on any atom is -0.310 e. The van der Waals surface area contributed by atoms with Crippen molar-refractivity contribution in [1.29, 1.82) is 0 Å². The van der Waals surface area contributed by atoms with Gasteiger partial charge in [0.25, 0.3) is 6.71 Å². The molecule has 0 bridgehead atoms. The molecule has 4 heteroatoms. The number of benzene rings is 6. The molecule has 2 nitrogen and oxygen atoms in total. The third kappa shape index (κ3) is 4.41. The standard InChI is InChI=1S/C50H41BN2S/c1-49(2,3)24-13-12-14-30-19-20-39-42(26-30)52-41-18-11-10-17-33(41)36-29-37-35-27-32(31-15-8-7-9-16-31)28-38(50(4,5)6)45(35)53-46-34-23-25-54-43(34)22-21-40(46)51(39)44(47(36)52)48(37)53/h7-29H,1-6H3/b14-12+,24-13+. The van der Waals surface area contributed by atoms with Gasteiger partial charge in [0, 0.05) is 37.3 Å². The number of aromatic nitrogens is 2. The molecule has 0 saturated carbocycles. The summed E-state index contributed by atoms with van der Waals surface area (Å²) in [4.78, 5) is 0. The SMILES string of the molecule is CC(C)(C)/C=C/C=C/c1ccc2c(c1)-n1c3ccccc3c3cc4c5cc(-c6ccccc6)cc(C(C)(C)C)c5n5c4c(c31)B2c1ccc2sccc2c1-5. The average molecular weight is 713 g/mol. The Morgan fingerprint density at radius 3 is 2.15 bits per heavy atom. The van der Waals surface area contributed by atoms with Crippen LogP contribution in [0.5, 0.6) is 0 Å². The maximum Gasteiger partial charge on any atom is 0.252 e. The van der Waals surface area contributed by atoms with Crippen LogP contribution in [0.4, 0.5) is 0 Å². The maximum atomic E-state index is 2.70. The minimum atomic E-state index is -0.0896. The molecule has 0 radical (unpaired) electrons. The number of hydrogen-bond acceptors (Lipinski definition) is 1. The zero-order valence-electron chi connectivity index (χ0n) is 31.7. The van der Waals surface area contributed by atoms with Crippen LogP contribution in [-0.2, 0) is 5.41 Å². The molecule has 2 aliphatic heterocycles. The summed E-state index contributed by atoms with van der Waals surface area (Å²) in [5.74, 6) is 0. The van der Waals surface area contributed by atoms with Gasteiger partial charge in [-0.05, 0) is 97.3 Å². The zero-order valence-corrected chi connectivity index (χ0v) is 32.5. The highest BCUT2D eigenvalue weighted by atomic mass is 32.1. The highest BCUT2D eigenvalue weighted by Crippen LogP contribution is 2.46. The fraction of sp³-hybridized carbons (Fsp3) is 0.160. The van der Waals surface area contributed by atoms with Gasteiger partial charge in [-0.3, -0.25) is 0 Å². The van der Waals surface area contributed by atoms with Crippen LogP contribution in [0.25, 0.3) is 82.3 Å². The van der Waals surface area contributed by atoms with Crippen molar-refractivity contribution >= 4 is 94.2 Å². The second kappa shape index (κ2) is 11.0. The van der Waals surface area contributed by atoms with Gasteiger partial charge in [-0.25, -0.2) is 0 Å². The van der Waals surface area contributed by atoms with Crippen molar-refractivity contribution in [1.82, 2.24) is 9.13 Å². The number of allylic oxidation sites excluding steroid dienone is 3. The molecule has 0 spiro atoms. The van der Waals surface area contributed by atoms with Crippen molar-refractivity contribution in [3.8, 4) is 22.5 Å². The fourth-order valence-corrected chi connectivity index (χ4v) is 10.3. The predicted molar refractivity (Wildman–Crippen MR) is 237 cm³/mol. The van der Waals surface area contributed by atoms with E-state index in [1.54, 1.807) is 0 Å². The zero-order chi connectivity index (χ0) is 36.7. The Balaban J connectivity index is 1.34. The number of fused-ring (bicyclic) bond motifs is 14. The van der Waals surface area contributed by atoms with Crippen molar-refractivity contribution < 1.29 is 0 Å². The monoisotopic (exact) mass is 712 g/mol. The summed E-state index contributed by atoms with van der Waals surface area (Å²) in [7, 11) is 0. The number of nitrogens with zero attached hydrogens (tertiary/aromatic N) is 2. The Morgan fingerprint density at radius 1 is 0.593 bits per heavy atom. The van der Waals surface area contributed by atoms with Gasteiger partial charge in [0.2, 0.25) is 0 Å². The van der Waals surface area contributed by atoms with Crippen LogP contribution in [0.15, 0.2) is 133 Å². The molecule has 260 valence electrons. The van der Waals surface area contributed by atoms with Crippen LogP contribution < -0.4 is 16.4 Å². The first-order valence-electron chi connectivity index (χ1n) is 19.2. The molecule has 3 aromatic heterocycles. The van der Waals surface area contributed by atoms with E-state index in [0.29, 0.717) is 0 Å². The lowest BCUT2D eigenvalue weighted by Gasteiger charge is -2.34. The van der Waals surface area contributed by atoms with Crippen molar-refractivity contribution in [2.75, 3.05) is 0 Å². The van der Waals surface area contributed by atoms with Gasteiger partial charge >= 0.3 is 0 Å². The molecule has 0 saturated heterocycles. The van der Waals surface area contributed by atoms with E-state index >= 15 is 0 Å². The van der Waals surface area contributed by atoms with Gasteiger partial charge in [0.05, 0.1) is 27.8 Å². The fourth-order valence-electron chi connectivity index (χ4n) is 9.52. The molecule has 6 aromatic carbocycles. The van der Waals surface area contributed by atoms with E-state index in [9.17, 15) is 0 Å².